The van der Waals surface area contributed by atoms with Crippen molar-refractivity contribution in [2.45, 2.75) is 31.4 Å². The number of amides is 2. The Labute approximate surface area is 159 Å². The lowest BCUT2D eigenvalue weighted by atomic mass is 10.0. The summed E-state index contributed by atoms with van der Waals surface area (Å²) < 4.78 is 5.45. The molecule has 2 atom stereocenters. The van der Waals surface area contributed by atoms with Gasteiger partial charge < -0.3 is 20.5 Å². The van der Waals surface area contributed by atoms with Crippen LogP contribution in [0.1, 0.15) is 30.1 Å². The number of aliphatic carboxylic acids is 1. The molecule has 0 aliphatic heterocycles. The van der Waals surface area contributed by atoms with E-state index in [1.54, 1.807) is 7.11 Å². The normalized spacial score (nSPS) is 12.8. The minimum absolute atomic E-state index is 0.00247. The minimum Gasteiger partial charge on any atom is -0.481 e. The Morgan fingerprint density at radius 2 is 1.67 bits per heavy atom. The van der Waals surface area contributed by atoms with Crippen molar-refractivity contribution in [2.75, 3.05) is 13.7 Å². The maximum atomic E-state index is 12.3. The van der Waals surface area contributed by atoms with Crippen molar-refractivity contribution >= 4 is 12.0 Å². The van der Waals surface area contributed by atoms with Crippen LogP contribution in [0.25, 0.3) is 0 Å². The van der Waals surface area contributed by atoms with Crippen LogP contribution >= 0.6 is 0 Å². The van der Waals surface area contributed by atoms with E-state index in [9.17, 15) is 9.59 Å². The van der Waals surface area contributed by atoms with Gasteiger partial charge in [0.05, 0.1) is 6.10 Å². The lowest BCUT2D eigenvalue weighted by Crippen LogP contribution is -2.44. The van der Waals surface area contributed by atoms with Gasteiger partial charge in [0, 0.05) is 26.1 Å². The molecular weight excluding hydrogens is 344 g/mol. The molecule has 0 bridgehead atoms. The third-order valence-electron chi connectivity index (χ3n) is 4.27. The average molecular weight is 370 g/mol. The maximum absolute atomic E-state index is 12.3. The number of nitrogens with one attached hydrogen (secondary N) is 2. The smallest absolute Gasteiger partial charge is 0.315 e. The summed E-state index contributed by atoms with van der Waals surface area (Å²) in [6.45, 7) is 0.323. The van der Waals surface area contributed by atoms with Gasteiger partial charge in [-0.1, -0.05) is 60.7 Å². The van der Waals surface area contributed by atoms with Crippen LogP contribution in [-0.2, 0) is 16.0 Å². The fourth-order valence-electron chi connectivity index (χ4n) is 2.85. The molecule has 2 unspecified atom stereocenters. The predicted octanol–water partition coefficient (Wildman–Crippen LogP) is 3.15. The second-order valence-corrected chi connectivity index (χ2v) is 6.31. The summed E-state index contributed by atoms with van der Waals surface area (Å²) in [6, 6.07) is 18.7. The van der Waals surface area contributed by atoms with Crippen LogP contribution in [0.4, 0.5) is 4.79 Å². The largest absolute Gasteiger partial charge is 0.481 e. The van der Waals surface area contributed by atoms with Crippen molar-refractivity contribution in [3.05, 3.63) is 71.8 Å². The third-order valence-corrected chi connectivity index (χ3v) is 4.27. The van der Waals surface area contributed by atoms with E-state index in [-0.39, 0.29) is 24.6 Å². The molecule has 2 aromatic rings. The van der Waals surface area contributed by atoms with Crippen LogP contribution in [0.15, 0.2) is 60.7 Å². The Hall–Kier alpha value is -2.86. The molecule has 2 amide bonds. The Morgan fingerprint density at radius 1 is 1.04 bits per heavy atom. The molecule has 0 saturated heterocycles. The number of methoxy groups -OCH3 is 1. The van der Waals surface area contributed by atoms with Crippen molar-refractivity contribution in [1.82, 2.24) is 10.6 Å². The van der Waals surface area contributed by atoms with E-state index in [1.165, 1.54) is 0 Å². The van der Waals surface area contributed by atoms with Crippen LogP contribution in [-0.4, -0.2) is 36.8 Å². The molecule has 0 aliphatic carbocycles. The first kappa shape index (κ1) is 20.5. The van der Waals surface area contributed by atoms with Crippen molar-refractivity contribution in [3.63, 3.8) is 0 Å². The van der Waals surface area contributed by atoms with Gasteiger partial charge in [-0.3, -0.25) is 4.79 Å². The zero-order valence-corrected chi connectivity index (χ0v) is 15.4. The molecule has 6 nitrogen and oxygen atoms in total. The van der Waals surface area contributed by atoms with Gasteiger partial charge in [0.1, 0.15) is 0 Å². The number of carbonyl (C=O) groups is 2. The first-order valence-electron chi connectivity index (χ1n) is 8.96. The number of carboxylic acid groups (broad SMARTS) is 1. The second-order valence-electron chi connectivity index (χ2n) is 6.31. The lowest BCUT2D eigenvalue weighted by molar-refractivity contribution is -0.137. The quantitative estimate of drug-likeness (QED) is 0.599. The van der Waals surface area contributed by atoms with Crippen molar-refractivity contribution in [1.29, 1.82) is 0 Å². The summed E-state index contributed by atoms with van der Waals surface area (Å²) in [5.74, 6) is -0.876. The summed E-state index contributed by atoms with van der Waals surface area (Å²) in [4.78, 5) is 23.2. The molecule has 0 aromatic heterocycles. The van der Waals surface area contributed by atoms with Gasteiger partial charge in [0.15, 0.2) is 0 Å². The average Bonchev–Trinajstić information content (AvgIpc) is 2.68. The van der Waals surface area contributed by atoms with Gasteiger partial charge in [0.25, 0.3) is 0 Å². The van der Waals surface area contributed by atoms with E-state index in [0.29, 0.717) is 19.4 Å². The van der Waals surface area contributed by atoms with E-state index in [2.05, 4.69) is 10.6 Å². The number of rotatable bonds is 10. The number of ether oxygens (including phenoxy) is 1. The predicted molar refractivity (Wildman–Crippen MR) is 104 cm³/mol. The summed E-state index contributed by atoms with van der Waals surface area (Å²) >= 11 is 0. The van der Waals surface area contributed by atoms with Crippen molar-refractivity contribution in [3.8, 4) is 0 Å². The molecule has 0 radical (unpaired) electrons. The van der Waals surface area contributed by atoms with Gasteiger partial charge in [0.2, 0.25) is 0 Å². The topological polar surface area (TPSA) is 87.7 Å². The van der Waals surface area contributed by atoms with Crippen molar-refractivity contribution in [2.24, 2.45) is 0 Å². The van der Waals surface area contributed by atoms with Crippen LogP contribution in [0.2, 0.25) is 0 Å². The number of benzene rings is 2. The Balaban J connectivity index is 1.90. The number of urea groups is 1. The molecule has 144 valence electrons. The molecule has 0 aliphatic rings. The SMILES string of the molecule is COC(CNC(=O)NC(CCC(=O)O)Cc1ccccc1)c1ccccc1. The third kappa shape index (κ3) is 7.50. The standard InChI is InChI=1S/C21H26N2O4/c1-27-19(17-10-6-3-7-11-17)15-22-21(26)23-18(12-13-20(24)25)14-16-8-4-2-5-9-16/h2-11,18-19H,12-15H2,1H3,(H,24,25)(H2,22,23,26). The van der Waals surface area contributed by atoms with E-state index in [4.69, 9.17) is 9.84 Å². The highest BCUT2D eigenvalue weighted by atomic mass is 16.5. The van der Waals surface area contributed by atoms with Gasteiger partial charge >= 0.3 is 12.0 Å². The summed E-state index contributed by atoms with van der Waals surface area (Å²) in [7, 11) is 1.60. The zero-order chi connectivity index (χ0) is 19.5. The van der Waals surface area contributed by atoms with Crippen molar-refractivity contribution < 1.29 is 19.4 Å². The first-order valence-corrected chi connectivity index (χ1v) is 8.96. The Kier molecular flexibility index (Phi) is 8.32. The van der Waals surface area contributed by atoms with E-state index in [0.717, 1.165) is 11.1 Å². The fraction of sp³-hybridized carbons (Fsp3) is 0.333. The fourth-order valence-corrected chi connectivity index (χ4v) is 2.85. The van der Waals surface area contributed by atoms with Gasteiger partial charge in [-0.15, -0.1) is 0 Å². The number of carboxylic acids is 1. The zero-order valence-electron chi connectivity index (χ0n) is 15.4. The highest BCUT2D eigenvalue weighted by Crippen LogP contribution is 2.15. The summed E-state index contributed by atoms with van der Waals surface area (Å²) in [6.07, 6.45) is 0.698. The molecule has 0 spiro atoms. The van der Waals surface area contributed by atoms with Gasteiger partial charge in [-0.05, 0) is 24.0 Å². The molecule has 6 heteroatoms. The number of carbonyl (C=O) groups excluding carboxylic acids is 1. The van der Waals surface area contributed by atoms with Gasteiger partial charge in [-0.2, -0.15) is 0 Å². The Bertz CT molecular complexity index is 707. The molecule has 2 aromatic carbocycles. The second kappa shape index (κ2) is 11.0. The van der Waals surface area contributed by atoms with Crippen LogP contribution in [0.5, 0.6) is 0 Å². The minimum atomic E-state index is -0.876. The van der Waals surface area contributed by atoms with Crippen LogP contribution in [0, 0.1) is 0 Å². The molecule has 3 N–H and O–H groups in total. The van der Waals surface area contributed by atoms with E-state index < -0.39 is 5.97 Å². The lowest BCUT2D eigenvalue weighted by Gasteiger charge is -2.21. The van der Waals surface area contributed by atoms with Crippen LogP contribution in [0.3, 0.4) is 0 Å². The molecule has 0 fully saturated rings. The maximum Gasteiger partial charge on any atom is 0.315 e. The highest BCUT2D eigenvalue weighted by Gasteiger charge is 2.16. The highest BCUT2D eigenvalue weighted by molar-refractivity contribution is 5.74. The molecule has 0 heterocycles. The van der Waals surface area contributed by atoms with E-state index in [1.807, 2.05) is 60.7 Å². The molecule has 27 heavy (non-hydrogen) atoms. The molecular formula is C21H26N2O4. The number of hydrogen-bond donors (Lipinski definition) is 3. The Morgan fingerprint density at radius 3 is 2.26 bits per heavy atom. The summed E-state index contributed by atoms with van der Waals surface area (Å²) in [5, 5.41) is 14.6. The monoisotopic (exact) mass is 370 g/mol. The van der Waals surface area contributed by atoms with E-state index >= 15 is 0 Å². The first-order chi connectivity index (χ1) is 13.1. The summed E-state index contributed by atoms with van der Waals surface area (Å²) in [5.41, 5.74) is 2.03. The number of hydrogen-bond acceptors (Lipinski definition) is 3. The van der Waals surface area contributed by atoms with Crippen LogP contribution < -0.4 is 10.6 Å². The molecule has 0 saturated carbocycles. The van der Waals surface area contributed by atoms with Gasteiger partial charge in [-0.25, -0.2) is 4.79 Å². The molecule has 2 rings (SSSR count).